The third-order valence-corrected chi connectivity index (χ3v) is 3.50. The molecule has 1 rings (SSSR count). The van der Waals surface area contributed by atoms with Gasteiger partial charge in [-0.05, 0) is 13.8 Å². The molecule has 0 saturated heterocycles. The van der Waals surface area contributed by atoms with E-state index in [4.69, 9.17) is 5.73 Å². The minimum atomic E-state index is -0.338. The minimum Gasteiger partial charge on any atom is -0.369 e. The molecule has 0 saturated carbocycles. The highest BCUT2D eigenvalue weighted by Gasteiger charge is 2.13. The molecule has 1 amide bonds. The third kappa shape index (κ3) is 3.15. The van der Waals surface area contributed by atoms with Gasteiger partial charge in [-0.1, -0.05) is 23.1 Å². The summed E-state index contributed by atoms with van der Waals surface area (Å²) in [6.45, 7) is 4.55. The standard InChI is InChI=1S/C7H12N4OS2/c1-3-9-6-10-11-7(14-6)13-4(2)5(8)12/h4H,3H2,1-2H3,(H2,8,12)(H,9,10)/t4-/m1/s1. The van der Waals surface area contributed by atoms with Gasteiger partial charge in [-0.15, -0.1) is 10.2 Å². The lowest BCUT2D eigenvalue weighted by molar-refractivity contribution is -0.117. The van der Waals surface area contributed by atoms with E-state index in [1.54, 1.807) is 6.92 Å². The Labute approximate surface area is 90.5 Å². The molecule has 78 valence electrons. The normalized spacial score (nSPS) is 12.4. The summed E-state index contributed by atoms with van der Waals surface area (Å²) in [5.74, 6) is -0.338. The van der Waals surface area contributed by atoms with E-state index < -0.39 is 0 Å². The Hall–Kier alpha value is -0.820. The van der Waals surface area contributed by atoms with Gasteiger partial charge in [0.25, 0.3) is 0 Å². The number of nitrogens with two attached hydrogens (primary N) is 1. The van der Waals surface area contributed by atoms with Gasteiger partial charge >= 0.3 is 0 Å². The van der Waals surface area contributed by atoms with Crippen molar-refractivity contribution in [2.75, 3.05) is 11.9 Å². The highest BCUT2D eigenvalue weighted by molar-refractivity contribution is 8.02. The van der Waals surface area contributed by atoms with Crippen molar-refractivity contribution in [3.63, 3.8) is 0 Å². The molecule has 0 aliphatic rings. The van der Waals surface area contributed by atoms with Crippen molar-refractivity contribution in [1.82, 2.24) is 10.2 Å². The Bertz CT molecular complexity index is 314. The third-order valence-electron chi connectivity index (χ3n) is 1.41. The summed E-state index contributed by atoms with van der Waals surface area (Å²) < 4.78 is 0.757. The monoisotopic (exact) mass is 232 g/mol. The average Bonchev–Trinajstić information content (AvgIpc) is 2.53. The lowest BCUT2D eigenvalue weighted by atomic mass is 10.5. The van der Waals surface area contributed by atoms with Gasteiger partial charge in [-0.3, -0.25) is 4.79 Å². The summed E-state index contributed by atoms with van der Waals surface area (Å²) in [4.78, 5) is 10.8. The van der Waals surface area contributed by atoms with E-state index in [0.717, 1.165) is 16.0 Å². The number of carbonyl (C=O) groups is 1. The number of aromatic nitrogens is 2. The van der Waals surface area contributed by atoms with Crippen LogP contribution < -0.4 is 11.1 Å². The van der Waals surface area contributed by atoms with Crippen LogP contribution in [0.3, 0.4) is 0 Å². The van der Waals surface area contributed by atoms with Crippen LogP contribution in [0.4, 0.5) is 5.13 Å². The van der Waals surface area contributed by atoms with Gasteiger partial charge in [0.2, 0.25) is 11.0 Å². The van der Waals surface area contributed by atoms with E-state index in [1.807, 2.05) is 6.92 Å². The van der Waals surface area contributed by atoms with Crippen LogP contribution in [0.25, 0.3) is 0 Å². The average molecular weight is 232 g/mol. The van der Waals surface area contributed by atoms with Gasteiger partial charge < -0.3 is 11.1 Å². The molecule has 1 atom stereocenters. The van der Waals surface area contributed by atoms with Gasteiger partial charge in [0.05, 0.1) is 5.25 Å². The number of hydrogen-bond donors (Lipinski definition) is 2. The number of thioether (sulfide) groups is 1. The number of primary amides is 1. The van der Waals surface area contributed by atoms with Crippen molar-refractivity contribution in [2.45, 2.75) is 23.4 Å². The maximum Gasteiger partial charge on any atom is 0.230 e. The molecule has 0 aromatic carbocycles. The lowest BCUT2D eigenvalue weighted by Crippen LogP contribution is -2.22. The first-order chi connectivity index (χ1) is 6.63. The van der Waals surface area contributed by atoms with Crippen molar-refractivity contribution in [2.24, 2.45) is 5.73 Å². The molecule has 3 N–H and O–H groups in total. The summed E-state index contributed by atoms with van der Waals surface area (Å²) in [7, 11) is 0. The predicted octanol–water partition coefficient (Wildman–Crippen LogP) is 0.936. The van der Waals surface area contributed by atoms with E-state index in [0.29, 0.717) is 0 Å². The fourth-order valence-corrected chi connectivity index (χ4v) is 2.60. The fraction of sp³-hybridized carbons (Fsp3) is 0.571. The summed E-state index contributed by atoms with van der Waals surface area (Å²) in [6, 6.07) is 0. The van der Waals surface area contributed by atoms with Crippen molar-refractivity contribution in [1.29, 1.82) is 0 Å². The topological polar surface area (TPSA) is 80.9 Å². The van der Waals surface area contributed by atoms with Crippen molar-refractivity contribution in [3.8, 4) is 0 Å². The Morgan fingerprint density at radius 2 is 2.43 bits per heavy atom. The molecule has 0 spiro atoms. The first-order valence-electron chi connectivity index (χ1n) is 4.16. The molecule has 1 aromatic rings. The quantitative estimate of drug-likeness (QED) is 0.738. The van der Waals surface area contributed by atoms with E-state index in [1.165, 1.54) is 23.1 Å². The summed E-state index contributed by atoms with van der Waals surface area (Å²) >= 11 is 2.75. The molecule has 14 heavy (non-hydrogen) atoms. The Morgan fingerprint density at radius 3 is 3.00 bits per heavy atom. The molecular weight excluding hydrogens is 220 g/mol. The van der Waals surface area contributed by atoms with Crippen LogP contribution in [-0.4, -0.2) is 27.9 Å². The molecule has 0 radical (unpaired) electrons. The second-order valence-electron chi connectivity index (χ2n) is 2.57. The molecule has 7 heteroatoms. The van der Waals surface area contributed by atoms with Crippen LogP contribution in [0.15, 0.2) is 4.34 Å². The summed E-state index contributed by atoms with van der Waals surface area (Å²) in [5.41, 5.74) is 5.13. The number of anilines is 1. The molecule has 1 heterocycles. The Kier molecular flexibility index (Phi) is 4.15. The summed E-state index contributed by atoms with van der Waals surface area (Å²) in [5, 5.41) is 11.4. The maximum atomic E-state index is 10.8. The summed E-state index contributed by atoms with van der Waals surface area (Å²) in [6.07, 6.45) is 0. The van der Waals surface area contributed by atoms with Crippen LogP contribution in [0, 0.1) is 0 Å². The lowest BCUT2D eigenvalue weighted by Gasteiger charge is -2.01. The zero-order valence-electron chi connectivity index (χ0n) is 7.98. The second kappa shape index (κ2) is 5.16. The van der Waals surface area contributed by atoms with Crippen molar-refractivity contribution < 1.29 is 4.79 Å². The van der Waals surface area contributed by atoms with Gasteiger partial charge in [0, 0.05) is 6.54 Å². The fourth-order valence-electron chi connectivity index (χ4n) is 0.689. The van der Waals surface area contributed by atoms with Gasteiger partial charge in [-0.25, -0.2) is 0 Å². The molecule has 0 aliphatic heterocycles. The van der Waals surface area contributed by atoms with Crippen LogP contribution in [-0.2, 0) is 4.79 Å². The number of amides is 1. The van der Waals surface area contributed by atoms with Gasteiger partial charge in [0.15, 0.2) is 4.34 Å². The van der Waals surface area contributed by atoms with Crippen LogP contribution >= 0.6 is 23.1 Å². The first kappa shape index (κ1) is 11.3. The van der Waals surface area contributed by atoms with E-state index in [2.05, 4.69) is 15.5 Å². The van der Waals surface area contributed by atoms with Crippen LogP contribution in [0.5, 0.6) is 0 Å². The van der Waals surface area contributed by atoms with E-state index >= 15 is 0 Å². The molecule has 0 aliphatic carbocycles. The largest absolute Gasteiger partial charge is 0.369 e. The predicted molar refractivity (Wildman–Crippen MR) is 58.6 cm³/mol. The van der Waals surface area contributed by atoms with Crippen molar-refractivity contribution >= 4 is 34.1 Å². The Balaban J connectivity index is 2.55. The van der Waals surface area contributed by atoms with E-state index in [9.17, 15) is 4.79 Å². The van der Waals surface area contributed by atoms with Crippen molar-refractivity contribution in [3.05, 3.63) is 0 Å². The van der Waals surface area contributed by atoms with Gasteiger partial charge in [0.1, 0.15) is 0 Å². The van der Waals surface area contributed by atoms with Crippen LogP contribution in [0.1, 0.15) is 13.8 Å². The molecule has 1 aromatic heterocycles. The zero-order valence-corrected chi connectivity index (χ0v) is 9.61. The number of rotatable bonds is 5. The molecule has 0 unspecified atom stereocenters. The smallest absolute Gasteiger partial charge is 0.230 e. The molecule has 0 bridgehead atoms. The second-order valence-corrected chi connectivity index (χ2v) is 5.13. The van der Waals surface area contributed by atoms with E-state index in [-0.39, 0.29) is 11.2 Å². The Morgan fingerprint density at radius 1 is 1.71 bits per heavy atom. The maximum absolute atomic E-state index is 10.8. The number of carbonyl (C=O) groups excluding carboxylic acids is 1. The van der Waals surface area contributed by atoms with Crippen LogP contribution in [0.2, 0.25) is 0 Å². The van der Waals surface area contributed by atoms with Gasteiger partial charge in [-0.2, -0.15) is 0 Å². The SMILES string of the molecule is CCNc1nnc(S[C@H](C)C(N)=O)s1. The first-order valence-corrected chi connectivity index (χ1v) is 5.86. The number of hydrogen-bond acceptors (Lipinski definition) is 6. The molecule has 5 nitrogen and oxygen atoms in total. The minimum absolute atomic E-state index is 0.266. The number of nitrogens with zero attached hydrogens (tertiary/aromatic N) is 2. The molecular formula is C7H12N4OS2. The molecule has 0 fully saturated rings. The number of nitrogens with one attached hydrogen (secondary N) is 1. The highest BCUT2D eigenvalue weighted by Crippen LogP contribution is 2.28. The highest BCUT2D eigenvalue weighted by atomic mass is 32.2. The zero-order chi connectivity index (χ0) is 10.6.